The summed E-state index contributed by atoms with van der Waals surface area (Å²) in [6.45, 7) is 4.29. The van der Waals surface area contributed by atoms with Gasteiger partial charge in [0.25, 0.3) is 5.91 Å². The average molecular weight is 269 g/mol. The summed E-state index contributed by atoms with van der Waals surface area (Å²) in [6, 6.07) is 11.3. The second-order valence-electron chi connectivity index (χ2n) is 4.97. The van der Waals surface area contributed by atoms with Gasteiger partial charge >= 0.3 is 0 Å². The molecule has 0 aliphatic carbocycles. The lowest BCUT2D eigenvalue weighted by atomic mass is 10.1. The number of carbonyl (C=O) groups excluding carboxylic acids is 1. The number of rotatable bonds is 3. The molecule has 0 spiro atoms. The van der Waals surface area contributed by atoms with Gasteiger partial charge in [-0.3, -0.25) is 9.78 Å². The van der Waals surface area contributed by atoms with Crippen LogP contribution in [0.2, 0.25) is 0 Å². The first-order chi connectivity index (χ1) is 9.49. The monoisotopic (exact) mass is 269 g/mol. The molecule has 2 rings (SSSR count). The van der Waals surface area contributed by atoms with Crippen LogP contribution in [0.1, 0.15) is 27.3 Å². The van der Waals surface area contributed by atoms with E-state index in [0.29, 0.717) is 17.8 Å². The fourth-order valence-electron chi connectivity index (χ4n) is 2.18. The molecule has 0 saturated carbocycles. The van der Waals surface area contributed by atoms with Crippen LogP contribution in [0.4, 0.5) is 5.69 Å². The summed E-state index contributed by atoms with van der Waals surface area (Å²) >= 11 is 0. The van der Waals surface area contributed by atoms with Crippen LogP contribution in [-0.2, 0) is 6.54 Å². The standard InChI is InChI=1S/C16H19N3O/c1-11-6-4-9-14(17)15(11)16(20)19(3)10-13-8-5-7-12(2)18-13/h4-9H,10,17H2,1-3H3. The molecule has 20 heavy (non-hydrogen) atoms. The number of hydrogen-bond acceptors (Lipinski definition) is 3. The van der Waals surface area contributed by atoms with Gasteiger partial charge in [0.05, 0.1) is 17.8 Å². The number of carbonyl (C=O) groups is 1. The van der Waals surface area contributed by atoms with Crippen molar-refractivity contribution in [2.45, 2.75) is 20.4 Å². The Kier molecular flexibility index (Phi) is 4.03. The van der Waals surface area contributed by atoms with Crippen molar-refractivity contribution >= 4 is 11.6 Å². The van der Waals surface area contributed by atoms with Crippen LogP contribution in [0.25, 0.3) is 0 Å². The maximum Gasteiger partial charge on any atom is 0.256 e. The van der Waals surface area contributed by atoms with Gasteiger partial charge in [0, 0.05) is 18.4 Å². The Balaban J connectivity index is 2.21. The Bertz CT molecular complexity index is 617. The van der Waals surface area contributed by atoms with Crippen molar-refractivity contribution in [1.29, 1.82) is 0 Å². The summed E-state index contributed by atoms with van der Waals surface area (Å²) in [4.78, 5) is 18.5. The average Bonchev–Trinajstić information content (AvgIpc) is 2.38. The highest BCUT2D eigenvalue weighted by molar-refractivity contribution is 6.00. The molecule has 0 unspecified atom stereocenters. The van der Waals surface area contributed by atoms with Gasteiger partial charge in [-0.15, -0.1) is 0 Å². The molecule has 0 atom stereocenters. The third-order valence-corrected chi connectivity index (χ3v) is 3.21. The van der Waals surface area contributed by atoms with Crippen LogP contribution in [0, 0.1) is 13.8 Å². The predicted octanol–water partition coefficient (Wildman–Crippen LogP) is 2.55. The van der Waals surface area contributed by atoms with Crippen molar-refractivity contribution in [2.24, 2.45) is 0 Å². The lowest BCUT2D eigenvalue weighted by Gasteiger charge is -2.19. The van der Waals surface area contributed by atoms with E-state index in [1.807, 2.05) is 44.2 Å². The normalized spacial score (nSPS) is 10.3. The Morgan fingerprint density at radius 2 is 1.90 bits per heavy atom. The Hall–Kier alpha value is -2.36. The van der Waals surface area contributed by atoms with Gasteiger partial charge in [0.2, 0.25) is 0 Å². The van der Waals surface area contributed by atoms with Crippen molar-refractivity contribution in [3.8, 4) is 0 Å². The number of amides is 1. The topological polar surface area (TPSA) is 59.2 Å². The first-order valence-electron chi connectivity index (χ1n) is 6.52. The Labute approximate surface area is 119 Å². The molecular formula is C16H19N3O. The molecule has 0 fully saturated rings. The molecule has 2 aromatic rings. The lowest BCUT2D eigenvalue weighted by Crippen LogP contribution is -2.28. The first kappa shape index (κ1) is 14.1. The molecule has 1 heterocycles. The van der Waals surface area contributed by atoms with Gasteiger partial charge in [-0.1, -0.05) is 18.2 Å². The third-order valence-electron chi connectivity index (χ3n) is 3.21. The number of hydrogen-bond donors (Lipinski definition) is 1. The van der Waals surface area contributed by atoms with Crippen molar-refractivity contribution in [3.63, 3.8) is 0 Å². The molecule has 0 aliphatic heterocycles. The smallest absolute Gasteiger partial charge is 0.256 e. The van der Waals surface area contributed by atoms with Gasteiger partial charge in [0.1, 0.15) is 0 Å². The highest BCUT2D eigenvalue weighted by Gasteiger charge is 2.17. The maximum atomic E-state index is 12.5. The van der Waals surface area contributed by atoms with Gasteiger partial charge < -0.3 is 10.6 Å². The van der Waals surface area contributed by atoms with Crippen LogP contribution in [0.15, 0.2) is 36.4 Å². The number of aryl methyl sites for hydroxylation is 2. The zero-order chi connectivity index (χ0) is 14.7. The number of benzene rings is 1. The minimum absolute atomic E-state index is 0.0797. The number of anilines is 1. The summed E-state index contributed by atoms with van der Waals surface area (Å²) in [7, 11) is 1.76. The second-order valence-corrected chi connectivity index (χ2v) is 4.97. The number of aromatic nitrogens is 1. The molecular weight excluding hydrogens is 250 g/mol. The van der Waals surface area contributed by atoms with Gasteiger partial charge in [-0.05, 0) is 37.6 Å². The number of nitrogens with two attached hydrogens (primary N) is 1. The quantitative estimate of drug-likeness (QED) is 0.871. The van der Waals surface area contributed by atoms with Gasteiger partial charge in [-0.25, -0.2) is 0 Å². The molecule has 0 saturated heterocycles. The highest BCUT2D eigenvalue weighted by atomic mass is 16.2. The molecule has 0 radical (unpaired) electrons. The van der Waals surface area contributed by atoms with E-state index in [1.165, 1.54) is 0 Å². The fourth-order valence-corrected chi connectivity index (χ4v) is 2.18. The lowest BCUT2D eigenvalue weighted by molar-refractivity contribution is 0.0783. The number of pyridine rings is 1. The molecule has 1 aromatic carbocycles. The molecule has 1 aromatic heterocycles. The molecule has 104 valence electrons. The molecule has 2 N–H and O–H groups in total. The molecule has 0 aliphatic rings. The van der Waals surface area contributed by atoms with Crippen LogP contribution in [0.3, 0.4) is 0 Å². The van der Waals surface area contributed by atoms with E-state index < -0.39 is 0 Å². The molecule has 4 nitrogen and oxygen atoms in total. The van der Waals surface area contributed by atoms with E-state index in [2.05, 4.69) is 4.98 Å². The molecule has 4 heteroatoms. The van der Waals surface area contributed by atoms with Crippen molar-refractivity contribution in [2.75, 3.05) is 12.8 Å². The van der Waals surface area contributed by atoms with Crippen molar-refractivity contribution in [3.05, 3.63) is 58.9 Å². The van der Waals surface area contributed by atoms with E-state index in [9.17, 15) is 4.79 Å². The summed E-state index contributed by atoms with van der Waals surface area (Å²) in [6.07, 6.45) is 0. The Morgan fingerprint density at radius 1 is 1.20 bits per heavy atom. The van der Waals surface area contributed by atoms with Crippen molar-refractivity contribution in [1.82, 2.24) is 9.88 Å². The van der Waals surface area contributed by atoms with Crippen LogP contribution < -0.4 is 5.73 Å². The minimum atomic E-state index is -0.0797. The van der Waals surface area contributed by atoms with Crippen LogP contribution >= 0.6 is 0 Å². The zero-order valence-corrected chi connectivity index (χ0v) is 12.1. The summed E-state index contributed by atoms with van der Waals surface area (Å²) < 4.78 is 0. The van der Waals surface area contributed by atoms with E-state index in [-0.39, 0.29) is 5.91 Å². The van der Waals surface area contributed by atoms with E-state index in [4.69, 9.17) is 5.73 Å². The maximum absolute atomic E-state index is 12.5. The first-order valence-corrected chi connectivity index (χ1v) is 6.52. The third kappa shape index (κ3) is 2.96. The molecule has 1 amide bonds. The summed E-state index contributed by atoms with van der Waals surface area (Å²) in [5.74, 6) is -0.0797. The SMILES string of the molecule is Cc1cccc(CN(C)C(=O)c2c(C)cccc2N)n1. The predicted molar refractivity (Wildman–Crippen MR) is 80.4 cm³/mol. The van der Waals surface area contributed by atoms with E-state index >= 15 is 0 Å². The zero-order valence-electron chi connectivity index (χ0n) is 12.1. The van der Waals surface area contributed by atoms with Crippen molar-refractivity contribution < 1.29 is 4.79 Å². The largest absolute Gasteiger partial charge is 0.398 e. The molecule has 0 bridgehead atoms. The second kappa shape index (κ2) is 5.74. The highest BCUT2D eigenvalue weighted by Crippen LogP contribution is 2.18. The van der Waals surface area contributed by atoms with Crippen LogP contribution in [0.5, 0.6) is 0 Å². The van der Waals surface area contributed by atoms with E-state index in [1.54, 1.807) is 18.0 Å². The summed E-state index contributed by atoms with van der Waals surface area (Å²) in [5, 5.41) is 0. The summed E-state index contributed by atoms with van der Waals surface area (Å²) in [5.41, 5.74) is 9.70. The fraction of sp³-hybridized carbons (Fsp3) is 0.250. The van der Waals surface area contributed by atoms with E-state index in [0.717, 1.165) is 17.0 Å². The minimum Gasteiger partial charge on any atom is -0.398 e. The number of nitrogens with zero attached hydrogens (tertiary/aromatic N) is 2. The van der Waals surface area contributed by atoms with Gasteiger partial charge in [0.15, 0.2) is 0 Å². The number of nitrogen functional groups attached to an aromatic ring is 1. The Morgan fingerprint density at radius 3 is 2.55 bits per heavy atom. The van der Waals surface area contributed by atoms with Crippen LogP contribution in [-0.4, -0.2) is 22.8 Å². The van der Waals surface area contributed by atoms with Gasteiger partial charge in [-0.2, -0.15) is 0 Å².